The van der Waals surface area contributed by atoms with Crippen molar-refractivity contribution in [3.8, 4) is 0 Å². The zero-order valence-electron chi connectivity index (χ0n) is 9.87. The number of ether oxygens (including phenoxy) is 1. The Kier molecular flexibility index (Phi) is 4.42. The maximum absolute atomic E-state index is 5.67. The first-order chi connectivity index (χ1) is 7.34. The van der Waals surface area contributed by atoms with Crippen LogP contribution >= 0.6 is 0 Å². The van der Waals surface area contributed by atoms with Gasteiger partial charge in [-0.3, -0.25) is 0 Å². The van der Waals surface area contributed by atoms with Gasteiger partial charge in [-0.25, -0.2) is 0 Å². The van der Waals surface area contributed by atoms with Crippen LogP contribution in [0.2, 0.25) is 0 Å². The second-order valence-electron chi connectivity index (χ2n) is 4.99. The van der Waals surface area contributed by atoms with E-state index in [1.807, 2.05) is 0 Å². The number of nitrogens with one attached hydrogen (secondary N) is 1. The smallest absolute Gasteiger partial charge is 0.0673 e. The van der Waals surface area contributed by atoms with Gasteiger partial charge in [-0.1, -0.05) is 0 Å². The fourth-order valence-corrected chi connectivity index (χ4v) is 2.68. The lowest BCUT2D eigenvalue weighted by Gasteiger charge is -2.29. The molecule has 3 heteroatoms. The van der Waals surface area contributed by atoms with E-state index in [1.54, 1.807) is 0 Å². The van der Waals surface area contributed by atoms with Crippen molar-refractivity contribution in [3.63, 3.8) is 0 Å². The van der Waals surface area contributed by atoms with Gasteiger partial charge in [-0.2, -0.15) is 0 Å². The van der Waals surface area contributed by atoms with Crippen molar-refractivity contribution in [2.24, 2.45) is 5.92 Å². The van der Waals surface area contributed by atoms with Crippen molar-refractivity contribution in [3.05, 3.63) is 0 Å². The normalized spacial score (nSPS) is 31.4. The minimum atomic E-state index is 0.425. The van der Waals surface area contributed by atoms with E-state index in [1.165, 1.54) is 45.4 Å². The molecule has 2 heterocycles. The van der Waals surface area contributed by atoms with E-state index in [4.69, 9.17) is 4.74 Å². The van der Waals surface area contributed by atoms with E-state index in [9.17, 15) is 0 Å². The van der Waals surface area contributed by atoms with E-state index >= 15 is 0 Å². The zero-order valence-corrected chi connectivity index (χ0v) is 9.87. The van der Waals surface area contributed by atoms with Gasteiger partial charge in [-0.05, 0) is 45.2 Å². The predicted octanol–water partition coefficient (Wildman–Crippen LogP) is 1.10. The van der Waals surface area contributed by atoms with Crippen LogP contribution < -0.4 is 5.32 Å². The van der Waals surface area contributed by atoms with Crippen LogP contribution in [0.1, 0.15) is 26.2 Å². The molecule has 0 amide bonds. The van der Waals surface area contributed by atoms with Crippen molar-refractivity contribution in [1.29, 1.82) is 0 Å². The molecule has 88 valence electrons. The number of nitrogens with zero attached hydrogens (tertiary/aromatic N) is 1. The van der Waals surface area contributed by atoms with Crippen LogP contribution in [0.3, 0.4) is 0 Å². The van der Waals surface area contributed by atoms with E-state index in [-0.39, 0.29) is 0 Å². The summed E-state index contributed by atoms with van der Waals surface area (Å²) < 4.78 is 5.67. The Morgan fingerprint density at radius 2 is 2.13 bits per heavy atom. The molecule has 0 aromatic carbocycles. The summed E-state index contributed by atoms with van der Waals surface area (Å²) in [6.07, 6.45) is 4.33. The van der Waals surface area contributed by atoms with Gasteiger partial charge in [0.25, 0.3) is 0 Å². The standard InChI is InChI=1S/C12H24N2O/c1-11-9-14(7-2-8-15-11)10-12-3-5-13-6-4-12/h11-13H,2-10H2,1H3. The van der Waals surface area contributed by atoms with Crippen molar-refractivity contribution in [2.45, 2.75) is 32.3 Å². The van der Waals surface area contributed by atoms with Crippen LogP contribution in [-0.2, 0) is 4.74 Å². The van der Waals surface area contributed by atoms with Gasteiger partial charge < -0.3 is 15.0 Å². The fraction of sp³-hybridized carbons (Fsp3) is 1.00. The lowest BCUT2D eigenvalue weighted by atomic mass is 9.97. The summed E-state index contributed by atoms with van der Waals surface area (Å²) >= 11 is 0. The molecule has 2 rings (SSSR count). The van der Waals surface area contributed by atoms with E-state index < -0.39 is 0 Å². The molecular formula is C12H24N2O. The second kappa shape index (κ2) is 5.83. The third-order valence-corrected chi connectivity index (χ3v) is 3.51. The molecule has 2 aliphatic rings. The monoisotopic (exact) mass is 212 g/mol. The first-order valence-corrected chi connectivity index (χ1v) is 6.39. The van der Waals surface area contributed by atoms with Gasteiger partial charge in [0, 0.05) is 26.2 Å². The largest absolute Gasteiger partial charge is 0.377 e. The Morgan fingerprint density at radius 1 is 1.33 bits per heavy atom. The summed E-state index contributed by atoms with van der Waals surface area (Å²) in [5, 5.41) is 3.43. The molecular weight excluding hydrogens is 188 g/mol. The van der Waals surface area contributed by atoms with Gasteiger partial charge in [0.2, 0.25) is 0 Å². The van der Waals surface area contributed by atoms with Gasteiger partial charge in [0.15, 0.2) is 0 Å². The van der Waals surface area contributed by atoms with Crippen molar-refractivity contribution >= 4 is 0 Å². The molecule has 2 fully saturated rings. The Morgan fingerprint density at radius 3 is 2.93 bits per heavy atom. The van der Waals surface area contributed by atoms with Gasteiger partial charge in [-0.15, -0.1) is 0 Å². The predicted molar refractivity (Wildman–Crippen MR) is 62.1 cm³/mol. The fourth-order valence-electron chi connectivity index (χ4n) is 2.68. The van der Waals surface area contributed by atoms with E-state index in [0.717, 1.165) is 19.1 Å². The maximum atomic E-state index is 5.67. The number of hydrogen-bond donors (Lipinski definition) is 1. The minimum absolute atomic E-state index is 0.425. The Labute approximate surface area is 93.2 Å². The Balaban J connectivity index is 1.76. The average Bonchev–Trinajstić information content (AvgIpc) is 2.44. The zero-order chi connectivity index (χ0) is 10.5. The molecule has 0 aromatic rings. The highest BCUT2D eigenvalue weighted by Crippen LogP contribution is 2.15. The van der Waals surface area contributed by atoms with E-state index in [2.05, 4.69) is 17.1 Å². The molecule has 0 spiro atoms. The molecule has 1 atom stereocenters. The quantitative estimate of drug-likeness (QED) is 0.742. The van der Waals surface area contributed by atoms with Gasteiger partial charge >= 0.3 is 0 Å². The summed E-state index contributed by atoms with van der Waals surface area (Å²) in [7, 11) is 0. The highest BCUT2D eigenvalue weighted by atomic mass is 16.5. The number of hydrogen-bond acceptors (Lipinski definition) is 3. The molecule has 1 unspecified atom stereocenters. The third-order valence-electron chi connectivity index (χ3n) is 3.51. The topological polar surface area (TPSA) is 24.5 Å². The van der Waals surface area contributed by atoms with Crippen LogP contribution in [0.4, 0.5) is 0 Å². The van der Waals surface area contributed by atoms with Gasteiger partial charge in [0.05, 0.1) is 6.10 Å². The first-order valence-electron chi connectivity index (χ1n) is 6.39. The third kappa shape index (κ3) is 3.74. The van der Waals surface area contributed by atoms with Crippen LogP contribution in [0.5, 0.6) is 0 Å². The molecule has 1 N–H and O–H groups in total. The molecule has 2 aliphatic heterocycles. The second-order valence-corrected chi connectivity index (χ2v) is 4.99. The summed E-state index contributed by atoms with van der Waals surface area (Å²) in [4.78, 5) is 2.60. The summed E-state index contributed by atoms with van der Waals surface area (Å²) in [6.45, 7) is 9.22. The molecule has 15 heavy (non-hydrogen) atoms. The Hall–Kier alpha value is -0.120. The molecule has 0 radical (unpaired) electrons. The lowest BCUT2D eigenvalue weighted by molar-refractivity contribution is 0.0646. The highest BCUT2D eigenvalue weighted by Gasteiger charge is 2.20. The molecule has 0 saturated carbocycles. The lowest BCUT2D eigenvalue weighted by Crippen LogP contribution is -2.38. The average molecular weight is 212 g/mol. The van der Waals surface area contributed by atoms with Crippen LogP contribution in [0.25, 0.3) is 0 Å². The van der Waals surface area contributed by atoms with Crippen molar-refractivity contribution in [1.82, 2.24) is 10.2 Å². The summed E-state index contributed by atoms with van der Waals surface area (Å²) in [5.41, 5.74) is 0. The van der Waals surface area contributed by atoms with E-state index in [0.29, 0.717) is 6.10 Å². The molecule has 0 aliphatic carbocycles. The summed E-state index contributed by atoms with van der Waals surface area (Å²) in [5.74, 6) is 0.913. The van der Waals surface area contributed by atoms with Crippen molar-refractivity contribution in [2.75, 3.05) is 39.3 Å². The number of piperidine rings is 1. The Bertz CT molecular complexity index is 180. The highest BCUT2D eigenvalue weighted by molar-refractivity contribution is 4.74. The maximum Gasteiger partial charge on any atom is 0.0673 e. The first kappa shape index (κ1) is 11.4. The number of rotatable bonds is 2. The minimum Gasteiger partial charge on any atom is -0.377 e. The summed E-state index contributed by atoms with van der Waals surface area (Å²) in [6, 6.07) is 0. The van der Waals surface area contributed by atoms with Crippen molar-refractivity contribution < 1.29 is 4.74 Å². The molecule has 0 bridgehead atoms. The molecule has 2 saturated heterocycles. The molecule has 0 aromatic heterocycles. The molecule has 3 nitrogen and oxygen atoms in total. The van der Waals surface area contributed by atoms with Crippen LogP contribution in [0, 0.1) is 5.92 Å². The van der Waals surface area contributed by atoms with Gasteiger partial charge in [0.1, 0.15) is 0 Å². The SMILES string of the molecule is CC1CN(CC2CCNCC2)CCCO1. The van der Waals surface area contributed by atoms with Crippen LogP contribution in [0.15, 0.2) is 0 Å². The van der Waals surface area contributed by atoms with Crippen LogP contribution in [-0.4, -0.2) is 50.3 Å².